The molecule has 0 spiro atoms. The highest BCUT2D eigenvalue weighted by Crippen LogP contribution is 2.42. The zero-order valence-corrected chi connectivity index (χ0v) is 13.1. The Kier molecular flexibility index (Phi) is 4.40. The largest absolute Gasteiger partial charge is 0.469 e. The Hall–Kier alpha value is -1.06. The van der Waals surface area contributed by atoms with Crippen molar-refractivity contribution < 1.29 is 14.3 Å². The average Bonchev–Trinajstić information content (AvgIpc) is 2.79. The number of carbonyl (C=O) groups is 2. The molecule has 2 fully saturated rings. The quantitative estimate of drug-likeness (QED) is 0.731. The number of likely N-dealkylation sites (tertiary alicyclic amines) is 1. The van der Waals surface area contributed by atoms with E-state index in [9.17, 15) is 9.59 Å². The summed E-state index contributed by atoms with van der Waals surface area (Å²) in [7, 11) is 1.40. The third-order valence-electron chi connectivity index (χ3n) is 4.94. The first-order chi connectivity index (χ1) is 9.34. The van der Waals surface area contributed by atoms with E-state index in [0.29, 0.717) is 24.9 Å². The number of hydrogen-bond donors (Lipinski definition) is 0. The normalized spacial score (nSPS) is 31.5. The summed E-state index contributed by atoms with van der Waals surface area (Å²) in [6.07, 6.45) is 5.01. The lowest BCUT2D eigenvalue weighted by molar-refractivity contribution is -0.145. The van der Waals surface area contributed by atoms with Gasteiger partial charge < -0.3 is 9.64 Å². The third kappa shape index (κ3) is 2.99. The first-order valence-electron chi connectivity index (χ1n) is 7.72. The van der Waals surface area contributed by atoms with Crippen LogP contribution in [0, 0.1) is 17.3 Å². The molecule has 1 amide bonds. The van der Waals surface area contributed by atoms with Crippen LogP contribution in [0.5, 0.6) is 0 Å². The van der Waals surface area contributed by atoms with Gasteiger partial charge in [-0.15, -0.1) is 0 Å². The molecule has 0 radical (unpaired) electrons. The maximum atomic E-state index is 12.3. The summed E-state index contributed by atoms with van der Waals surface area (Å²) in [5.41, 5.74) is 0.203. The number of rotatable bonds is 2. The highest BCUT2D eigenvalue weighted by molar-refractivity contribution is 5.87. The molecule has 0 N–H and O–H groups in total. The molecule has 20 heavy (non-hydrogen) atoms. The Morgan fingerprint density at radius 3 is 2.50 bits per heavy atom. The van der Waals surface area contributed by atoms with Crippen LogP contribution in [0.1, 0.15) is 52.9 Å². The molecular formula is C16H27NO3. The van der Waals surface area contributed by atoms with E-state index in [4.69, 9.17) is 4.74 Å². The number of carbonyl (C=O) groups excluding carboxylic acids is 2. The fraction of sp³-hybridized carbons (Fsp3) is 0.875. The molecule has 2 aliphatic rings. The van der Waals surface area contributed by atoms with Crippen molar-refractivity contribution in [1.29, 1.82) is 0 Å². The monoisotopic (exact) mass is 281 g/mol. The van der Waals surface area contributed by atoms with Gasteiger partial charge in [0.25, 0.3) is 0 Å². The van der Waals surface area contributed by atoms with E-state index < -0.39 is 0 Å². The molecular weight excluding hydrogens is 254 g/mol. The summed E-state index contributed by atoms with van der Waals surface area (Å²) in [6, 6.07) is 0.297. The molecule has 1 heterocycles. The van der Waals surface area contributed by atoms with Gasteiger partial charge in [-0.25, -0.2) is 0 Å². The number of amides is 1. The maximum Gasteiger partial charge on any atom is 0.310 e. The molecule has 1 saturated heterocycles. The van der Waals surface area contributed by atoms with E-state index in [2.05, 4.69) is 20.8 Å². The molecule has 0 aromatic heterocycles. The fourth-order valence-corrected chi connectivity index (χ4v) is 3.87. The molecule has 1 aliphatic heterocycles. The van der Waals surface area contributed by atoms with Crippen LogP contribution in [0.2, 0.25) is 0 Å². The van der Waals surface area contributed by atoms with Gasteiger partial charge in [0.05, 0.1) is 13.0 Å². The number of ether oxygens (including phenoxy) is 1. The molecule has 114 valence electrons. The van der Waals surface area contributed by atoms with Crippen LogP contribution in [-0.2, 0) is 14.3 Å². The maximum absolute atomic E-state index is 12.3. The number of hydrogen-bond acceptors (Lipinski definition) is 3. The molecule has 4 nitrogen and oxygen atoms in total. The molecule has 0 aromatic rings. The van der Waals surface area contributed by atoms with Crippen LogP contribution in [-0.4, -0.2) is 36.5 Å². The number of methoxy groups -OCH3 is 1. The third-order valence-corrected chi connectivity index (χ3v) is 4.94. The van der Waals surface area contributed by atoms with E-state index in [-0.39, 0.29) is 23.2 Å². The van der Waals surface area contributed by atoms with Gasteiger partial charge in [-0.2, -0.15) is 0 Å². The van der Waals surface area contributed by atoms with Gasteiger partial charge in [-0.3, -0.25) is 9.59 Å². The SMILES string of the molecule is COC(=O)C1CC(=O)N(C2CCCCC2C(C)(C)C)C1. The van der Waals surface area contributed by atoms with Crippen LogP contribution in [0.4, 0.5) is 0 Å². The minimum absolute atomic E-state index is 0.126. The van der Waals surface area contributed by atoms with Gasteiger partial charge in [0.1, 0.15) is 0 Å². The van der Waals surface area contributed by atoms with E-state index in [1.54, 1.807) is 0 Å². The molecule has 1 aliphatic carbocycles. The van der Waals surface area contributed by atoms with Crippen molar-refractivity contribution >= 4 is 11.9 Å². The summed E-state index contributed by atoms with van der Waals surface area (Å²) in [4.78, 5) is 25.9. The van der Waals surface area contributed by atoms with Crippen molar-refractivity contribution in [3.8, 4) is 0 Å². The number of nitrogens with zero attached hydrogens (tertiary/aromatic N) is 1. The van der Waals surface area contributed by atoms with Crippen molar-refractivity contribution in [3.05, 3.63) is 0 Å². The summed E-state index contributed by atoms with van der Waals surface area (Å²) >= 11 is 0. The average molecular weight is 281 g/mol. The van der Waals surface area contributed by atoms with Crippen LogP contribution in [0.15, 0.2) is 0 Å². The molecule has 4 heteroatoms. The van der Waals surface area contributed by atoms with Crippen molar-refractivity contribution in [2.75, 3.05) is 13.7 Å². The second-order valence-corrected chi connectivity index (χ2v) is 7.29. The Morgan fingerprint density at radius 1 is 1.25 bits per heavy atom. The van der Waals surface area contributed by atoms with Gasteiger partial charge in [-0.1, -0.05) is 33.6 Å². The van der Waals surface area contributed by atoms with E-state index in [1.165, 1.54) is 26.4 Å². The minimum Gasteiger partial charge on any atom is -0.469 e. The van der Waals surface area contributed by atoms with Gasteiger partial charge in [0.2, 0.25) is 5.91 Å². The summed E-state index contributed by atoms with van der Waals surface area (Å²) < 4.78 is 4.79. The highest BCUT2D eigenvalue weighted by atomic mass is 16.5. The smallest absolute Gasteiger partial charge is 0.310 e. The summed E-state index contributed by atoms with van der Waals surface area (Å²) in [6.45, 7) is 7.32. The summed E-state index contributed by atoms with van der Waals surface area (Å²) in [5, 5.41) is 0. The van der Waals surface area contributed by atoms with Crippen LogP contribution < -0.4 is 0 Å². The van der Waals surface area contributed by atoms with Gasteiger partial charge >= 0.3 is 5.97 Å². The zero-order chi connectivity index (χ0) is 14.9. The minimum atomic E-state index is -0.268. The Labute approximate surface area is 121 Å². The first-order valence-corrected chi connectivity index (χ1v) is 7.72. The standard InChI is InChI=1S/C16H27NO3/c1-16(2,3)12-7-5-6-8-13(12)17-10-11(9-14(17)18)15(19)20-4/h11-13H,5-10H2,1-4H3. The van der Waals surface area contributed by atoms with Crippen LogP contribution in [0.3, 0.4) is 0 Å². The number of esters is 1. The predicted molar refractivity (Wildman–Crippen MR) is 77.0 cm³/mol. The van der Waals surface area contributed by atoms with Gasteiger partial charge in [0, 0.05) is 19.0 Å². The van der Waals surface area contributed by atoms with Crippen molar-refractivity contribution in [2.45, 2.75) is 58.9 Å². The molecule has 3 atom stereocenters. The molecule has 3 unspecified atom stereocenters. The molecule has 0 aromatic carbocycles. The van der Waals surface area contributed by atoms with Gasteiger partial charge in [0.15, 0.2) is 0 Å². The lowest BCUT2D eigenvalue weighted by Gasteiger charge is -2.44. The Balaban J connectivity index is 2.13. The fourth-order valence-electron chi connectivity index (χ4n) is 3.87. The van der Waals surface area contributed by atoms with Crippen LogP contribution in [0.25, 0.3) is 0 Å². The van der Waals surface area contributed by atoms with Crippen molar-refractivity contribution in [3.63, 3.8) is 0 Å². The molecule has 0 bridgehead atoms. The highest BCUT2D eigenvalue weighted by Gasteiger charge is 2.44. The molecule has 2 rings (SSSR count). The van der Waals surface area contributed by atoms with Gasteiger partial charge in [-0.05, 0) is 24.2 Å². The van der Waals surface area contributed by atoms with E-state index >= 15 is 0 Å². The lowest BCUT2D eigenvalue weighted by atomic mass is 9.69. The van der Waals surface area contributed by atoms with Crippen molar-refractivity contribution in [1.82, 2.24) is 4.90 Å². The topological polar surface area (TPSA) is 46.6 Å². The predicted octanol–water partition coefficient (Wildman–Crippen LogP) is 2.61. The van der Waals surface area contributed by atoms with E-state index in [0.717, 1.165) is 6.42 Å². The zero-order valence-electron chi connectivity index (χ0n) is 13.1. The first kappa shape index (κ1) is 15.3. The summed E-state index contributed by atoms with van der Waals surface area (Å²) in [5.74, 6) is 0.136. The second-order valence-electron chi connectivity index (χ2n) is 7.29. The Morgan fingerprint density at radius 2 is 1.90 bits per heavy atom. The second kappa shape index (κ2) is 5.74. The Bertz CT molecular complexity index is 386. The lowest BCUT2D eigenvalue weighted by Crippen LogP contribution is -2.47. The van der Waals surface area contributed by atoms with E-state index in [1.807, 2.05) is 4.90 Å². The van der Waals surface area contributed by atoms with Crippen LogP contribution >= 0.6 is 0 Å². The molecule has 1 saturated carbocycles. The van der Waals surface area contributed by atoms with Crippen molar-refractivity contribution in [2.24, 2.45) is 17.3 Å².